The molecular formula is C70H46N4. The second kappa shape index (κ2) is 18.1. The average Bonchev–Trinajstić information content (AvgIpc) is 4.08. The largest absolute Gasteiger partial charge is 0.309 e. The van der Waals surface area contributed by atoms with Crippen LogP contribution in [0.3, 0.4) is 0 Å². The van der Waals surface area contributed by atoms with Gasteiger partial charge in [-0.25, -0.2) is 9.67 Å². The van der Waals surface area contributed by atoms with Gasteiger partial charge in [0.15, 0.2) is 11.6 Å². The molecule has 0 radical (unpaired) electrons. The van der Waals surface area contributed by atoms with Gasteiger partial charge in [-0.2, -0.15) is 0 Å². The Morgan fingerprint density at radius 3 is 1.19 bits per heavy atom. The number of hydrogen-bond donors (Lipinski definition) is 0. The fourth-order valence-electron chi connectivity index (χ4n) is 11.1. The van der Waals surface area contributed by atoms with Crippen LogP contribution in [0.15, 0.2) is 279 Å². The van der Waals surface area contributed by atoms with Gasteiger partial charge in [0.25, 0.3) is 0 Å². The Bertz CT molecular complexity index is 4250. The fourth-order valence-corrected chi connectivity index (χ4v) is 11.1. The van der Waals surface area contributed by atoms with E-state index in [2.05, 4.69) is 247 Å². The molecule has 4 heteroatoms. The van der Waals surface area contributed by atoms with E-state index in [4.69, 9.17) is 10.1 Å². The zero-order valence-corrected chi connectivity index (χ0v) is 40.3. The molecule has 0 amide bonds. The standard InChI is InChI=1S/C70H46N4/c1-3-19-51(20-4-1)69-71-70(52-21-5-2-6-22-52)74(72-69)56-41-35-50(36-42-56)60-28-12-14-30-64(60)63-29-13-11-27-59(63)49-33-39-55(40-34-49)73-67-43-37-53(61-31-15-23-47-17-7-9-25-57(47)61)45-65(67)66-46-54(38-44-68(66)73)62-32-16-24-48-18-8-10-26-58(48)62/h1-46H. The molecule has 0 aliphatic rings. The zero-order valence-electron chi connectivity index (χ0n) is 40.3. The third-order valence-electron chi connectivity index (χ3n) is 14.6. The lowest BCUT2D eigenvalue weighted by Crippen LogP contribution is -1.99. The van der Waals surface area contributed by atoms with Gasteiger partial charge in [0.05, 0.1) is 16.7 Å². The van der Waals surface area contributed by atoms with E-state index < -0.39 is 0 Å². The van der Waals surface area contributed by atoms with Gasteiger partial charge in [-0.3, -0.25) is 0 Å². The van der Waals surface area contributed by atoms with E-state index in [9.17, 15) is 0 Å². The minimum absolute atomic E-state index is 0.691. The van der Waals surface area contributed by atoms with E-state index in [0.29, 0.717) is 5.82 Å². The molecule has 0 N–H and O–H groups in total. The summed E-state index contributed by atoms with van der Waals surface area (Å²) in [5, 5.41) is 12.5. The summed E-state index contributed by atoms with van der Waals surface area (Å²) in [5.41, 5.74) is 18.2. The molecule has 14 rings (SSSR count). The molecule has 74 heavy (non-hydrogen) atoms. The minimum Gasteiger partial charge on any atom is -0.309 e. The van der Waals surface area contributed by atoms with Crippen LogP contribution >= 0.6 is 0 Å². The maximum atomic E-state index is 5.04. The third-order valence-corrected chi connectivity index (χ3v) is 14.6. The molecule has 0 bridgehead atoms. The lowest BCUT2D eigenvalue weighted by molar-refractivity contribution is 0.891. The van der Waals surface area contributed by atoms with Crippen LogP contribution in [0.25, 0.3) is 133 Å². The maximum absolute atomic E-state index is 5.04. The maximum Gasteiger partial charge on any atom is 0.182 e. The molecule has 0 fully saturated rings. The summed E-state index contributed by atoms with van der Waals surface area (Å²) >= 11 is 0. The molecular weight excluding hydrogens is 897 g/mol. The Balaban J connectivity index is 0.844. The molecule has 0 saturated carbocycles. The molecule has 14 aromatic rings. The molecule has 4 nitrogen and oxygen atoms in total. The predicted octanol–water partition coefficient (Wildman–Crippen LogP) is 18.3. The summed E-state index contributed by atoms with van der Waals surface area (Å²) < 4.78 is 4.39. The summed E-state index contributed by atoms with van der Waals surface area (Å²) in [7, 11) is 0. The van der Waals surface area contributed by atoms with Gasteiger partial charge in [0, 0.05) is 27.6 Å². The van der Waals surface area contributed by atoms with Crippen LogP contribution in [0.4, 0.5) is 0 Å². The molecule has 2 heterocycles. The Morgan fingerprint density at radius 1 is 0.257 bits per heavy atom. The van der Waals surface area contributed by atoms with Crippen molar-refractivity contribution in [2.45, 2.75) is 0 Å². The topological polar surface area (TPSA) is 35.6 Å². The van der Waals surface area contributed by atoms with Crippen molar-refractivity contribution in [3.05, 3.63) is 279 Å². The van der Waals surface area contributed by atoms with Crippen LogP contribution in [0.2, 0.25) is 0 Å². The second-order valence-corrected chi connectivity index (χ2v) is 18.9. The number of nitrogens with zero attached hydrogens (tertiary/aromatic N) is 4. The van der Waals surface area contributed by atoms with E-state index in [-0.39, 0.29) is 0 Å². The molecule has 0 unspecified atom stereocenters. The summed E-state index contributed by atoms with van der Waals surface area (Å²) in [4.78, 5) is 5.04. The van der Waals surface area contributed by atoms with E-state index in [1.54, 1.807) is 0 Å². The van der Waals surface area contributed by atoms with Crippen molar-refractivity contribution in [3.63, 3.8) is 0 Å². The lowest BCUT2D eigenvalue weighted by Gasteiger charge is -2.16. The van der Waals surface area contributed by atoms with E-state index in [0.717, 1.165) is 45.0 Å². The van der Waals surface area contributed by atoms with Crippen molar-refractivity contribution in [3.8, 4) is 89.8 Å². The first kappa shape index (κ1) is 42.9. The van der Waals surface area contributed by atoms with E-state index in [1.165, 1.54) is 82.3 Å². The van der Waals surface area contributed by atoms with Crippen molar-refractivity contribution >= 4 is 43.4 Å². The molecule has 346 valence electrons. The molecule has 0 aliphatic carbocycles. The van der Waals surface area contributed by atoms with Gasteiger partial charge in [-0.1, -0.05) is 231 Å². The van der Waals surface area contributed by atoms with Crippen LogP contribution in [-0.2, 0) is 0 Å². The Morgan fingerprint density at radius 2 is 0.662 bits per heavy atom. The van der Waals surface area contributed by atoms with Crippen molar-refractivity contribution in [1.29, 1.82) is 0 Å². The first-order valence-electron chi connectivity index (χ1n) is 25.2. The van der Waals surface area contributed by atoms with Gasteiger partial charge in [-0.15, -0.1) is 5.10 Å². The predicted molar refractivity (Wildman–Crippen MR) is 309 cm³/mol. The third kappa shape index (κ3) is 7.48. The number of aromatic nitrogens is 4. The van der Waals surface area contributed by atoms with Gasteiger partial charge in [-0.05, 0) is 126 Å². The number of benzene rings is 12. The Kier molecular flexibility index (Phi) is 10.5. The molecule has 0 spiro atoms. The van der Waals surface area contributed by atoms with E-state index >= 15 is 0 Å². The first-order valence-corrected chi connectivity index (χ1v) is 25.2. The van der Waals surface area contributed by atoms with Gasteiger partial charge >= 0.3 is 0 Å². The first-order chi connectivity index (χ1) is 36.7. The van der Waals surface area contributed by atoms with E-state index in [1.807, 2.05) is 41.1 Å². The van der Waals surface area contributed by atoms with Crippen molar-refractivity contribution in [2.24, 2.45) is 0 Å². The zero-order chi connectivity index (χ0) is 49.0. The monoisotopic (exact) mass is 942 g/mol. The summed E-state index contributed by atoms with van der Waals surface area (Å²) in [6.07, 6.45) is 0. The highest BCUT2D eigenvalue weighted by molar-refractivity contribution is 6.13. The number of hydrogen-bond acceptors (Lipinski definition) is 2. The van der Waals surface area contributed by atoms with Crippen LogP contribution in [0, 0.1) is 0 Å². The van der Waals surface area contributed by atoms with Crippen molar-refractivity contribution in [1.82, 2.24) is 19.3 Å². The van der Waals surface area contributed by atoms with Crippen LogP contribution < -0.4 is 0 Å². The molecule has 0 atom stereocenters. The van der Waals surface area contributed by atoms with Gasteiger partial charge in [0.2, 0.25) is 0 Å². The summed E-state index contributed by atoms with van der Waals surface area (Å²) in [6.45, 7) is 0. The lowest BCUT2D eigenvalue weighted by atomic mass is 9.89. The highest BCUT2D eigenvalue weighted by Gasteiger charge is 2.19. The van der Waals surface area contributed by atoms with Crippen molar-refractivity contribution in [2.75, 3.05) is 0 Å². The molecule has 12 aromatic carbocycles. The fraction of sp³-hybridized carbons (Fsp3) is 0. The highest BCUT2D eigenvalue weighted by Crippen LogP contribution is 2.42. The van der Waals surface area contributed by atoms with Crippen LogP contribution in [0.5, 0.6) is 0 Å². The SMILES string of the molecule is c1ccc(-c2nc(-c3ccccc3)n(-c3ccc(-c4ccccc4-c4ccccc4-c4ccc(-n5c6ccc(-c7cccc8ccccc78)cc6c6cc(-c7cccc8ccccc78)ccc65)cc4)cc3)n2)cc1. The second-order valence-electron chi connectivity index (χ2n) is 18.9. The van der Waals surface area contributed by atoms with Crippen LogP contribution in [-0.4, -0.2) is 19.3 Å². The van der Waals surface area contributed by atoms with Crippen LogP contribution in [0.1, 0.15) is 0 Å². The van der Waals surface area contributed by atoms with Gasteiger partial charge < -0.3 is 4.57 Å². The quantitative estimate of drug-likeness (QED) is 0.145. The van der Waals surface area contributed by atoms with Crippen molar-refractivity contribution < 1.29 is 0 Å². The molecule has 2 aromatic heterocycles. The summed E-state index contributed by atoms with van der Waals surface area (Å²) in [5.74, 6) is 1.49. The Labute approximate surface area is 429 Å². The minimum atomic E-state index is 0.691. The average molecular weight is 943 g/mol. The number of rotatable bonds is 9. The van der Waals surface area contributed by atoms with Gasteiger partial charge in [0.1, 0.15) is 0 Å². The normalized spacial score (nSPS) is 11.5. The number of fused-ring (bicyclic) bond motifs is 5. The highest BCUT2D eigenvalue weighted by atomic mass is 15.4. The molecule has 0 aliphatic heterocycles. The smallest absolute Gasteiger partial charge is 0.182 e. The summed E-state index contributed by atoms with van der Waals surface area (Å²) in [6, 6.07) is 100. The molecule has 0 saturated heterocycles. The Hall–Kier alpha value is -9.90.